The molecule has 0 fully saturated rings. The maximum Gasteiger partial charge on any atom is 0.0424 e. The van der Waals surface area contributed by atoms with Gasteiger partial charge in [0.25, 0.3) is 0 Å². The van der Waals surface area contributed by atoms with Crippen molar-refractivity contribution in [2.24, 2.45) is 10.9 Å². The summed E-state index contributed by atoms with van der Waals surface area (Å²) in [4.78, 5) is 4.34. The van der Waals surface area contributed by atoms with Gasteiger partial charge in [-0.15, -0.1) is 0 Å². The van der Waals surface area contributed by atoms with E-state index in [1.54, 1.807) is 0 Å². The summed E-state index contributed by atoms with van der Waals surface area (Å²) in [6, 6.07) is 0. The molecule has 17 heavy (non-hydrogen) atoms. The molecule has 2 nitrogen and oxygen atoms in total. The van der Waals surface area contributed by atoms with Crippen LogP contribution in [0.4, 0.5) is 0 Å². The van der Waals surface area contributed by atoms with Crippen molar-refractivity contribution in [3.8, 4) is 0 Å². The molecule has 1 heterocycles. The largest absolute Gasteiger partial charge is 0.293 e. The molecule has 0 spiro atoms. The lowest BCUT2D eigenvalue weighted by Crippen LogP contribution is -2.28. The Morgan fingerprint density at radius 1 is 1.47 bits per heavy atom. The zero-order chi connectivity index (χ0) is 12.9. The maximum atomic E-state index is 12.2. The quantitative estimate of drug-likeness (QED) is 0.741. The van der Waals surface area contributed by atoms with E-state index in [-0.39, 0.29) is 4.75 Å². The van der Waals surface area contributed by atoms with Gasteiger partial charge in [0.15, 0.2) is 0 Å². The summed E-state index contributed by atoms with van der Waals surface area (Å²) in [5.74, 6) is 1.19. The monoisotopic (exact) mass is 255 g/mol. The number of aliphatic imine (C=N–C) groups is 1. The lowest BCUT2D eigenvalue weighted by atomic mass is 9.95. The highest BCUT2D eigenvalue weighted by atomic mass is 32.2. The second kappa shape index (κ2) is 6.48. The standard InChI is InChI=1S/C14H25NOS/c1-5-7-13(11-17(16)14(2,3)4)12-8-6-9-15-10-12/h8,10,13H,5-7,9,11H2,1-4H3/t13?,17-/m1/s1. The minimum Gasteiger partial charge on any atom is -0.293 e. The molecule has 0 aromatic rings. The molecule has 0 saturated carbocycles. The Morgan fingerprint density at radius 3 is 2.65 bits per heavy atom. The van der Waals surface area contributed by atoms with E-state index in [0.717, 1.165) is 31.6 Å². The van der Waals surface area contributed by atoms with E-state index in [4.69, 9.17) is 0 Å². The third-order valence-electron chi connectivity index (χ3n) is 3.02. The molecule has 0 aromatic carbocycles. The average molecular weight is 255 g/mol. The molecular weight excluding hydrogens is 230 g/mol. The van der Waals surface area contributed by atoms with Crippen LogP contribution in [0.1, 0.15) is 47.0 Å². The SMILES string of the molecule is CCCC(C[S@@](=O)C(C)(C)C)C1=CCCN=C1. The Balaban J connectivity index is 2.70. The Hall–Kier alpha value is -0.440. The fourth-order valence-corrected chi connectivity index (χ4v) is 3.15. The second-order valence-corrected chi connectivity index (χ2v) is 7.89. The molecule has 1 unspecified atom stereocenters. The first kappa shape index (κ1) is 14.6. The van der Waals surface area contributed by atoms with E-state index in [1.165, 1.54) is 5.57 Å². The Kier molecular flexibility index (Phi) is 5.57. The van der Waals surface area contributed by atoms with Gasteiger partial charge in [-0.25, -0.2) is 0 Å². The molecule has 0 aliphatic carbocycles. The van der Waals surface area contributed by atoms with Crippen molar-refractivity contribution in [3.05, 3.63) is 11.6 Å². The molecule has 0 N–H and O–H groups in total. The number of dihydropyridines is 1. The highest BCUT2D eigenvalue weighted by Crippen LogP contribution is 2.23. The van der Waals surface area contributed by atoms with Crippen LogP contribution in [0, 0.1) is 5.92 Å². The molecule has 1 aliphatic rings. The van der Waals surface area contributed by atoms with Crippen molar-refractivity contribution < 1.29 is 4.21 Å². The summed E-state index contributed by atoms with van der Waals surface area (Å²) in [5.41, 5.74) is 1.30. The van der Waals surface area contributed by atoms with E-state index in [2.05, 4.69) is 38.8 Å². The van der Waals surface area contributed by atoms with Gasteiger partial charge >= 0.3 is 0 Å². The minimum atomic E-state index is -0.773. The first-order valence-electron chi connectivity index (χ1n) is 6.53. The molecular formula is C14H25NOS. The Labute approximate surface area is 108 Å². The first-order valence-corrected chi connectivity index (χ1v) is 7.85. The van der Waals surface area contributed by atoms with Crippen LogP contribution in [0.5, 0.6) is 0 Å². The molecule has 1 rings (SSSR count). The van der Waals surface area contributed by atoms with Crippen molar-refractivity contribution >= 4 is 17.0 Å². The Bertz CT molecular complexity index is 326. The number of hydrogen-bond donors (Lipinski definition) is 0. The van der Waals surface area contributed by atoms with E-state index in [0.29, 0.717) is 5.92 Å². The van der Waals surface area contributed by atoms with E-state index >= 15 is 0 Å². The summed E-state index contributed by atoms with van der Waals surface area (Å²) in [5, 5.41) is 0. The lowest BCUT2D eigenvalue weighted by Gasteiger charge is -2.24. The highest BCUT2D eigenvalue weighted by Gasteiger charge is 2.24. The predicted octanol–water partition coefficient (Wildman–Crippen LogP) is 3.35. The zero-order valence-corrected chi connectivity index (χ0v) is 12.3. The van der Waals surface area contributed by atoms with E-state index in [9.17, 15) is 4.21 Å². The number of allylic oxidation sites excluding steroid dienone is 1. The normalized spacial score (nSPS) is 19.9. The summed E-state index contributed by atoms with van der Waals surface area (Å²) in [7, 11) is -0.773. The van der Waals surface area contributed by atoms with Crippen molar-refractivity contribution in [2.45, 2.75) is 51.7 Å². The summed E-state index contributed by atoms with van der Waals surface area (Å²) in [6.45, 7) is 9.25. The molecule has 3 heteroatoms. The van der Waals surface area contributed by atoms with Gasteiger partial charge in [0.1, 0.15) is 0 Å². The third kappa shape index (κ3) is 4.74. The summed E-state index contributed by atoms with van der Waals surface area (Å²) < 4.78 is 12.1. The smallest absolute Gasteiger partial charge is 0.0424 e. The molecule has 0 bridgehead atoms. The maximum absolute atomic E-state index is 12.2. The van der Waals surface area contributed by atoms with Gasteiger partial charge in [0, 0.05) is 34.1 Å². The van der Waals surface area contributed by atoms with Crippen molar-refractivity contribution in [2.75, 3.05) is 12.3 Å². The fourth-order valence-electron chi connectivity index (χ4n) is 1.93. The van der Waals surface area contributed by atoms with Crippen molar-refractivity contribution in [3.63, 3.8) is 0 Å². The van der Waals surface area contributed by atoms with Gasteiger partial charge in [-0.2, -0.15) is 0 Å². The van der Waals surface area contributed by atoms with Crippen molar-refractivity contribution in [1.29, 1.82) is 0 Å². The van der Waals surface area contributed by atoms with E-state index < -0.39 is 10.8 Å². The van der Waals surface area contributed by atoms with Crippen LogP contribution < -0.4 is 0 Å². The summed E-state index contributed by atoms with van der Waals surface area (Å²) in [6.07, 6.45) is 7.54. The third-order valence-corrected chi connectivity index (χ3v) is 5.09. The molecule has 2 atom stereocenters. The van der Waals surface area contributed by atoms with Crippen LogP contribution in [0.15, 0.2) is 16.6 Å². The summed E-state index contributed by atoms with van der Waals surface area (Å²) >= 11 is 0. The molecule has 0 aromatic heterocycles. The van der Waals surface area contributed by atoms with Crippen molar-refractivity contribution in [1.82, 2.24) is 0 Å². The van der Waals surface area contributed by atoms with Crippen LogP contribution in [-0.2, 0) is 10.8 Å². The molecule has 1 aliphatic heterocycles. The predicted molar refractivity (Wildman–Crippen MR) is 77.2 cm³/mol. The Morgan fingerprint density at radius 2 is 2.18 bits per heavy atom. The average Bonchev–Trinajstić information content (AvgIpc) is 2.28. The number of rotatable bonds is 5. The minimum absolute atomic E-state index is 0.113. The van der Waals surface area contributed by atoms with E-state index in [1.807, 2.05) is 6.21 Å². The molecule has 0 amide bonds. The fraction of sp³-hybridized carbons (Fsp3) is 0.786. The second-order valence-electron chi connectivity index (χ2n) is 5.64. The van der Waals surface area contributed by atoms with Gasteiger partial charge < -0.3 is 0 Å². The molecule has 0 saturated heterocycles. The van der Waals surface area contributed by atoms with Crippen LogP contribution in [0.2, 0.25) is 0 Å². The topological polar surface area (TPSA) is 29.4 Å². The van der Waals surface area contributed by atoms with Crippen LogP contribution in [-0.4, -0.2) is 27.5 Å². The van der Waals surface area contributed by atoms with Gasteiger partial charge in [0.05, 0.1) is 0 Å². The van der Waals surface area contributed by atoms with Gasteiger partial charge in [-0.3, -0.25) is 9.20 Å². The van der Waals surface area contributed by atoms with Crippen LogP contribution >= 0.6 is 0 Å². The van der Waals surface area contributed by atoms with Gasteiger partial charge in [0.2, 0.25) is 0 Å². The van der Waals surface area contributed by atoms with Gasteiger partial charge in [-0.05, 0) is 45.1 Å². The van der Waals surface area contributed by atoms with Crippen LogP contribution in [0.25, 0.3) is 0 Å². The highest BCUT2D eigenvalue weighted by molar-refractivity contribution is 7.86. The van der Waals surface area contributed by atoms with Crippen LogP contribution in [0.3, 0.4) is 0 Å². The molecule has 98 valence electrons. The molecule has 0 radical (unpaired) electrons. The lowest BCUT2D eigenvalue weighted by molar-refractivity contribution is 0.595. The van der Waals surface area contributed by atoms with Gasteiger partial charge in [-0.1, -0.05) is 19.4 Å². The first-order chi connectivity index (χ1) is 7.95. The number of nitrogens with zero attached hydrogens (tertiary/aromatic N) is 1. The number of hydrogen-bond acceptors (Lipinski definition) is 2. The zero-order valence-electron chi connectivity index (χ0n) is 11.5.